The van der Waals surface area contributed by atoms with Gasteiger partial charge >= 0.3 is 5.69 Å². The third kappa shape index (κ3) is 3.33. The Hall–Kier alpha value is -2.89. The zero-order valence-corrected chi connectivity index (χ0v) is 14.4. The monoisotopic (exact) mass is 338 g/mol. The molecule has 0 bridgehead atoms. The molecule has 0 fully saturated rings. The van der Waals surface area contributed by atoms with Gasteiger partial charge in [-0.25, -0.2) is 9.78 Å². The van der Waals surface area contributed by atoms with Crippen molar-refractivity contribution in [1.82, 2.24) is 19.1 Å². The van der Waals surface area contributed by atoms with Crippen molar-refractivity contribution >= 4 is 11.2 Å². The highest BCUT2D eigenvalue weighted by Gasteiger charge is 2.16. The second kappa shape index (κ2) is 7.34. The second-order valence-electron chi connectivity index (χ2n) is 6.04. The molecule has 3 rings (SSSR count). The van der Waals surface area contributed by atoms with E-state index in [4.69, 9.17) is 0 Å². The van der Waals surface area contributed by atoms with Crippen molar-refractivity contribution in [2.45, 2.75) is 39.3 Å². The van der Waals surface area contributed by atoms with Crippen LogP contribution in [0.1, 0.15) is 31.2 Å². The molecule has 0 aliphatic heterocycles. The van der Waals surface area contributed by atoms with E-state index in [0.29, 0.717) is 30.0 Å². The average molecular weight is 338 g/mol. The quantitative estimate of drug-likeness (QED) is 0.673. The highest BCUT2D eigenvalue weighted by molar-refractivity contribution is 5.70. The molecule has 2 heterocycles. The lowest BCUT2D eigenvalue weighted by Crippen LogP contribution is -2.39. The van der Waals surface area contributed by atoms with Crippen molar-refractivity contribution < 1.29 is 0 Å². The number of benzene rings is 1. The number of nitrogens with one attached hydrogen (secondary N) is 1. The Bertz CT molecular complexity index is 996. The third-order valence-corrected chi connectivity index (χ3v) is 4.17. The summed E-state index contributed by atoms with van der Waals surface area (Å²) in [5, 5.41) is 0. The van der Waals surface area contributed by atoms with Crippen molar-refractivity contribution in [3.05, 3.63) is 75.2 Å². The molecular weight excluding hydrogens is 316 g/mol. The van der Waals surface area contributed by atoms with Crippen LogP contribution in [0, 0.1) is 0 Å². The van der Waals surface area contributed by atoms with Crippen LogP contribution in [0.3, 0.4) is 0 Å². The van der Waals surface area contributed by atoms with E-state index in [1.807, 2.05) is 30.3 Å². The predicted octanol–water partition coefficient (Wildman–Crippen LogP) is 2.46. The fraction of sp³-hybridized carbons (Fsp3) is 0.316. The molecule has 0 amide bonds. The molecule has 6 nitrogen and oxygen atoms in total. The Morgan fingerprint density at radius 1 is 1.20 bits per heavy atom. The van der Waals surface area contributed by atoms with Gasteiger partial charge in [0.15, 0.2) is 5.65 Å². The number of allylic oxidation sites excluding steroid dienone is 1. The highest BCUT2D eigenvalue weighted by Crippen LogP contribution is 2.11. The van der Waals surface area contributed by atoms with E-state index >= 15 is 0 Å². The Kier molecular flexibility index (Phi) is 4.97. The van der Waals surface area contributed by atoms with Crippen LogP contribution in [0.5, 0.6) is 0 Å². The van der Waals surface area contributed by atoms with E-state index in [1.54, 1.807) is 10.6 Å². The fourth-order valence-corrected chi connectivity index (χ4v) is 2.90. The summed E-state index contributed by atoms with van der Waals surface area (Å²) in [5.74, 6) is 0.680. The first-order valence-electron chi connectivity index (χ1n) is 8.52. The van der Waals surface area contributed by atoms with E-state index < -0.39 is 0 Å². The lowest BCUT2D eigenvalue weighted by Gasteiger charge is -2.09. The summed E-state index contributed by atoms with van der Waals surface area (Å²) < 4.78 is 2.80. The summed E-state index contributed by atoms with van der Waals surface area (Å²) in [6, 6.07) is 9.90. The number of unbranched alkanes of at least 4 members (excludes halogenated alkanes) is 1. The van der Waals surface area contributed by atoms with Gasteiger partial charge < -0.3 is 4.98 Å². The molecular formula is C19H22N4O2. The first kappa shape index (κ1) is 17.0. The van der Waals surface area contributed by atoms with Gasteiger partial charge in [0.25, 0.3) is 5.56 Å². The zero-order valence-electron chi connectivity index (χ0n) is 14.4. The average Bonchev–Trinajstić information content (AvgIpc) is 3.03. The minimum Gasteiger partial charge on any atom is -0.336 e. The van der Waals surface area contributed by atoms with Gasteiger partial charge in [0.2, 0.25) is 0 Å². The number of hydrogen-bond donors (Lipinski definition) is 1. The Morgan fingerprint density at radius 3 is 2.64 bits per heavy atom. The Morgan fingerprint density at radius 2 is 1.96 bits per heavy atom. The summed E-state index contributed by atoms with van der Waals surface area (Å²) in [6.45, 7) is 6.43. The fourth-order valence-electron chi connectivity index (χ4n) is 2.90. The van der Waals surface area contributed by atoms with Gasteiger partial charge in [-0.05, 0) is 12.0 Å². The van der Waals surface area contributed by atoms with E-state index in [2.05, 4.69) is 23.5 Å². The first-order chi connectivity index (χ1) is 12.2. The minimum absolute atomic E-state index is 0.187. The maximum absolute atomic E-state index is 12.7. The number of nitrogens with zero attached hydrogens (tertiary/aromatic N) is 3. The topological polar surface area (TPSA) is 72.7 Å². The summed E-state index contributed by atoms with van der Waals surface area (Å²) >= 11 is 0. The van der Waals surface area contributed by atoms with Gasteiger partial charge in [0.1, 0.15) is 11.3 Å². The molecule has 0 radical (unpaired) electrons. The van der Waals surface area contributed by atoms with Gasteiger partial charge in [-0.3, -0.25) is 13.9 Å². The maximum atomic E-state index is 12.7. The lowest BCUT2D eigenvalue weighted by molar-refractivity contribution is 0.572. The van der Waals surface area contributed by atoms with Crippen molar-refractivity contribution in [3.8, 4) is 0 Å². The van der Waals surface area contributed by atoms with Crippen LogP contribution in [0.2, 0.25) is 0 Å². The number of imidazole rings is 1. The van der Waals surface area contributed by atoms with E-state index in [9.17, 15) is 9.59 Å². The predicted molar refractivity (Wildman–Crippen MR) is 99.0 cm³/mol. The zero-order chi connectivity index (χ0) is 17.8. The molecule has 2 aromatic heterocycles. The van der Waals surface area contributed by atoms with Crippen LogP contribution in [0.4, 0.5) is 0 Å². The number of hydrogen-bond acceptors (Lipinski definition) is 3. The van der Waals surface area contributed by atoms with Crippen LogP contribution >= 0.6 is 0 Å². The maximum Gasteiger partial charge on any atom is 0.333 e. The van der Waals surface area contributed by atoms with Crippen LogP contribution in [-0.4, -0.2) is 19.1 Å². The number of rotatable bonds is 7. The van der Waals surface area contributed by atoms with Crippen molar-refractivity contribution in [1.29, 1.82) is 0 Å². The molecule has 0 aliphatic rings. The van der Waals surface area contributed by atoms with Crippen LogP contribution < -0.4 is 11.2 Å². The van der Waals surface area contributed by atoms with E-state index in [0.717, 1.165) is 18.4 Å². The standard InChI is InChI=1S/C19H22N4O2/c1-3-5-12-22-17-16(18(24)23(11-4-2)19(22)25)20-15(21-17)13-14-9-7-6-8-10-14/h4,6-10H,2-3,5,11-13H2,1H3,(H,20,21). The normalized spacial score (nSPS) is 11.1. The number of aromatic amines is 1. The van der Waals surface area contributed by atoms with Crippen LogP contribution in [0.25, 0.3) is 11.2 Å². The summed E-state index contributed by atoms with van der Waals surface area (Å²) in [4.78, 5) is 33.0. The molecule has 0 unspecified atom stereocenters. The molecule has 0 spiro atoms. The van der Waals surface area contributed by atoms with E-state index in [1.165, 1.54) is 4.57 Å². The van der Waals surface area contributed by atoms with E-state index in [-0.39, 0.29) is 17.8 Å². The number of aromatic nitrogens is 4. The number of fused-ring (bicyclic) bond motifs is 1. The first-order valence-corrected chi connectivity index (χ1v) is 8.52. The van der Waals surface area contributed by atoms with Gasteiger partial charge in [0.05, 0.1) is 0 Å². The molecule has 130 valence electrons. The second-order valence-corrected chi connectivity index (χ2v) is 6.04. The lowest BCUT2D eigenvalue weighted by atomic mass is 10.1. The molecule has 3 aromatic rings. The van der Waals surface area contributed by atoms with Gasteiger partial charge in [-0.1, -0.05) is 49.8 Å². The number of aryl methyl sites for hydroxylation is 1. The molecule has 0 saturated carbocycles. The van der Waals surface area contributed by atoms with Crippen LogP contribution in [0.15, 0.2) is 52.6 Å². The summed E-state index contributed by atoms with van der Waals surface area (Å²) in [5.41, 5.74) is 1.23. The van der Waals surface area contributed by atoms with Crippen LogP contribution in [-0.2, 0) is 19.5 Å². The molecule has 0 atom stereocenters. The molecule has 25 heavy (non-hydrogen) atoms. The summed E-state index contributed by atoms with van der Waals surface area (Å²) in [6.07, 6.45) is 3.94. The van der Waals surface area contributed by atoms with Gasteiger partial charge in [-0.2, -0.15) is 0 Å². The molecule has 0 aliphatic carbocycles. The molecule has 6 heteroatoms. The molecule has 0 saturated heterocycles. The SMILES string of the molecule is C=CCn1c(=O)c2[nH]c(Cc3ccccc3)nc2n(CCCC)c1=O. The van der Waals surface area contributed by atoms with Crippen molar-refractivity contribution in [3.63, 3.8) is 0 Å². The summed E-state index contributed by atoms with van der Waals surface area (Å²) in [7, 11) is 0. The number of H-pyrrole nitrogens is 1. The Labute approximate surface area is 145 Å². The third-order valence-electron chi connectivity index (χ3n) is 4.17. The van der Waals surface area contributed by atoms with Gasteiger partial charge in [-0.15, -0.1) is 6.58 Å². The largest absolute Gasteiger partial charge is 0.336 e. The highest BCUT2D eigenvalue weighted by atomic mass is 16.2. The molecule has 1 aromatic carbocycles. The van der Waals surface area contributed by atoms with Gasteiger partial charge in [0, 0.05) is 19.5 Å². The minimum atomic E-state index is -0.348. The Balaban J connectivity index is 2.15. The van der Waals surface area contributed by atoms with Crippen molar-refractivity contribution in [2.24, 2.45) is 0 Å². The molecule has 1 N–H and O–H groups in total. The van der Waals surface area contributed by atoms with Crippen molar-refractivity contribution in [2.75, 3.05) is 0 Å². The smallest absolute Gasteiger partial charge is 0.333 e.